The van der Waals surface area contributed by atoms with Crippen LogP contribution in [0.3, 0.4) is 0 Å². The van der Waals surface area contributed by atoms with Crippen LogP contribution in [0.4, 0.5) is 0 Å². The van der Waals surface area contributed by atoms with Crippen LogP contribution in [0.1, 0.15) is 38.8 Å². The second-order valence-electron chi connectivity index (χ2n) is 5.29. The zero-order valence-electron chi connectivity index (χ0n) is 13.6. The van der Waals surface area contributed by atoms with Crippen LogP contribution in [0, 0.1) is 0 Å². The molecule has 0 fully saturated rings. The molecule has 0 aliphatic heterocycles. The van der Waals surface area contributed by atoms with Gasteiger partial charge in [0, 0.05) is 18.6 Å². The van der Waals surface area contributed by atoms with Crippen LogP contribution < -0.4 is 15.2 Å². The molecule has 0 heterocycles. The number of hydrogen-bond donors (Lipinski definition) is 1. The molecule has 1 aromatic rings. The normalized spacial score (nSPS) is 12.8. The minimum atomic E-state index is 0.0669. The first kappa shape index (κ1) is 18.1. The van der Waals surface area contributed by atoms with Crippen molar-refractivity contribution in [3.63, 3.8) is 0 Å². The van der Waals surface area contributed by atoms with E-state index in [0.717, 1.165) is 18.5 Å². The van der Waals surface area contributed by atoms with E-state index in [9.17, 15) is 0 Å². The van der Waals surface area contributed by atoms with Crippen LogP contribution in [0.2, 0.25) is 5.02 Å². The third kappa shape index (κ3) is 4.02. The number of benzene rings is 1. The maximum atomic E-state index is 6.53. The maximum absolute atomic E-state index is 6.53. The molecular formula is C16H27ClN2O2. The van der Waals surface area contributed by atoms with E-state index in [4.69, 9.17) is 26.8 Å². The molecular weight excluding hydrogens is 288 g/mol. The van der Waals surface area contributed by atoms with Crippen molar-refractivity contribution in [1.82, 2.24) is 4.90 Å². The molecule has 0 amide bonds. The summed E-state index contributed by atoms with van der Waals surface area (Å²) in [4.78, 5) is 2.37. The second kappa shape index (κ2) is 8.47. The van der Waals surface area contributed by atoms with Gasteiger partial charge in [0.25, 0.3) is 0 Å². The number of nitrogens with zero attached hydrogens (tertiary/aromatic N) is 1. The van der Waals surface area contributed by atoms with Gasteiger partial charge in [-0.25, -0.2) is 0 Å². The van der Waals surface area contributed by atoms with Gasteiger partial charge >= 0.3 is 0 Å². The van der Waals surface area contributed by atoms with Crippen LogP contribution in [0.15, 0.2) is 12.1 Å². The predicted molar refractivity (Wildman–Crippen MR) is 88.5 cm³/mol. The number of nitrogens with two attached hydrogens (primary N) is 1. The van der Waals surface area contributed by atoms with Crippen molar-refractivity contribution in [2.75, 3.05) is 27.3 Å². The van der Waals surface area contributed by atoms with Crippen LogP contribution in [-0.2, 0) is 0 Å². The summed E-state index contributed by atoms with van der Waals surface area (Å²) in [5.74, 6) is 1.20. The van der Waals surface area contributed by atoms with Crippen molar-refractivity contribution in [3.05, 3.63) is 22.7 Å². The van der Waals surface area contributed by atoms with Gasteiger partial charge in [-0.1, -0.05) is 24.6 Å². The maximum Gasteiger partial charge on any atom is 0.179 e. The van der Waals surface area contributed by atoms with E-state index in [0.29, 0.717) is 29.1 Å². The second-order valence-corrected chi connectivity index (χ2v) is 5.67. The molecule has 0 saturated carbocycles. The Balaban J connectivity index is 3.27. The molecule has 21 heavy (non-hydrogen) atoms. The van der Waals surface area contributed by atoms with Gasteiger partial charge < -0.3 is 15.2 Å². The molecule has 0 bridgehead atoms. The van der Waals surface area contributed by atoms with Crippen molar-refractivity contribution in [3.8, 4) is 11.5 Å². The highest BCUT2D eigenvalue weighted by Crippen LogP contribution is 2.41. The minimum absolute atomic E-state index is 0.0669. The Kier molecular flexibility index (Phi) is 7.29. The van der Waals surface area contributed by atoms with E-state index in [2.05, 4.69) is 25.7 Å². The molecule has 0 saturated heterocycles. The van der Waals surface area contributed by atoms with Gasteiger partial charge in [-0.15, -0.1) is 0 Å². The lowest BCUT2D eigenvalue weighted by atomic mass is 10.0. The fourth-order valence-electron chi connectivity index (χ4n) is 2.64. The minimum Gasteiger partial charge on any atom is -0.493 e. The molecule has 0 radical (unpaired) electrons. The van der Waals surface area contributed by atoms with E-state index in [1.165, 1.54) is 0 Å². The van der Waals surface area contributed by atoms with Crippen molar-refractivity contribution < 1.29 is 9.47 Å². The third-order valence-electron chi connectivity index (χ3n) is 3.64. The summed E-state index contributed by atoms with van der Waals surface area (Å²) < 4.78 is 10.7. The van der Waals surface area contributed by atoms with Gasteiger partial charge in [0.2, 0.25) is 0 Å². The summed E-state index contributed by atoms with van der Waals surface area (Å²) in [6.07, 6.45) is 1.07. The molecule has 0 aromatic heterocycles. The Labute approximate surface area is 133 Å². The first-order valence-electron chi connectivity index (χ1n) is 7.37. The molecule has 2 N–H and O–H groups in total. The number of ether oxygens (including phenoxy) is 2. The molecule has 0 spiro atoms. The average molecular weight is 315 g/mol. The number of halogens is 1. The van der Waals surface area contributed by atoms with Crippen LogP contribution in [0.25, 0.3) is 0 Å². The highest BCUT2D eigenvalue weighted by atomic mass is 35.5. The Bertz CT molecular complexity index is 452. The molecule has 1 unspecified atom stereocenters. The van der Waals surface area contributed by atoms with Gasteiger partial charge in [0.1, 0.15) is 0 Å². The van der Waals surface area contributed by atoms with Gasteiger partial charge in [-0.2, -0.15) is 0 Å². The summed E-state index contributed by atoms with van der Waals surface area (Å²) in [5.41, 5.74) is 7.02. The topological polar surface area (TPSA) is 47.7 Å². The van der Waals surface area contributed by atoms with Gasteiger partial charge in [-0.05, 0) is 38.4 Å². The van der Waals surface area contributed by atoms with Crippen LogP contribution in [-0.4, -0.2) is 38.3 Å². The zero-order chi connectivity index (χ0) is 16.0. The van der Waals surface area contributed by atoms with E-state index in [1.54, 1.807) is 14.2 Å². The van der Waals surface area contributed by atoms with Gasteiger partial charge in [-0.3, -0.25) is 4.90 Å². The standard InChI is InChI=1S/C16H27ClN2O2/c1-6-9-19(11(2)3)13(10-18)12-7-8-14(20-4)16(21-5)15(12)17/h7-8,11,13H,6,9-10,18H2,1-5H3. The summed E-state index contributed by atoms with van der Waals surface area (Å²) in [6, 6.07) is 4.32. The Morgan fingerprint density at radius 3 is 2.33 bits per heavy atom. The van der Waals surface area contributed by atoms with E-state index in [-0.39, 0.29) is 6.04 Å². The number of hydrogen-bond acceptors (Lipinski definition) is 4. The van der Waals surface area contributed by atoms with Crippen molar-refractivity contribution in [2.24, 2.45) is 5.73 Å². The zero-order valence-corrected chi connectivity index (χ0v) is 14.4. The third-order valence-corrected chi connectivity index (χ3v) is 4.03. The van der Waals surface area contributed by atoms with E-state index in [1.807, 2.05) is 12.1 Å². The molecule has 1 rings (SSSR count). The molecule has 5 heteroatoms. The van der Waals surface area contributed by atoms with E-state index < -0.39 is 0 Å². The van der Waals surface area contributed by atoms with Crippen molar-refractivity contribution >= 4 is 11.6 Å². The first-order valence-corrected chi connectivity index (χ1v) is 7.75. The van der Waals surface area contributed by atoms with Crippen molar-refractivity contribution in [2.45, 2.75) is 39.3 Å². The lowest BCUT2D eigenvalue weighted by Crippen LogP contribution is -2.39. The number of rotatable bonds is 8. The highest BCUT2D eigenvalue weighted by Gasteiger charge is 2.25. The highest BCUT2D eigenvalue weighted by molar-refractivity contribution is 6.33. The molecule has 4 nitrogen and oxygen atoms in total. The summed E-state index contributed by atoms with van der Waals surface area (Å²) in [7, 11) is 3.20. The lowest BCUT2D eigenvalue weighted by Gasteiger charge is -2.35. The lowest BCUT2D eigenvalue weighted by molar-refractivity contribution is 0.157. The van der Waals surface area contributed by atoms with Gasteiger partial charge in [0.15, 0.2) is 11.5 Å². The molecule has 120 valence electrons. The Morgan fingerprint density at radius 1 is 1.24 bits per heavy atom. The van der Waals surface area contributed by atoms with Crippen LogP contribution in [0.5, 0.6) is 11.5 Å². The number of methoxy groups -OCH3 is 2. The fourth-order valence-corrected chi connectivity index (χ4v) is 2.99. The monoisotopic (exact) mass is 314 g/mol. The summed E-state index contributed by atoms with van der Waals surface area (Å²) >= 11 is 6.53. The van der Waals surface area contributed by atoms with Gasteiger partial charge in [0.05, 0.1) is 19.2 Å². The first-order chi connectivity index (χ1) is 10.0. The average Bonchev–Trinajstić information content (AvgIpc) is 2.47. The molecule has 0 aliphatic carbocycles. The predicted octanol–water partition coefficient (Wildman–Crippen LogP) is 3.48. The fraction of sp³-hybridized carbons (Fsp3) is 0.625. The summed E-state index contributed by atoms with van der Waals surface area (Å²) in [6.45, 7) is 8.00. The largest absolute Gasteiger partial charge is 0.493 e. The van der Waals surface area contributed by atoms with Crippen LogP contribution >= 0.6 is 11.6 Å². The SMILES string of the molecule is CCCN(C(C)C)C(CN)c1ccc(OC)c(OC)c1Cl. The Morgan fingerprint density at radius 2 is 1.90 bits per heavy atom. The summed E-state index contributed by atoms with van der Waals surface area (Å²) in [5, 5.41) is 0.578. The molecule has 1 atom stereocenters. The Hall–Kier alpha value is -0.970. The quantitative estimate of drug-likeness (QED) is 0.798. The smallest absolute Gasteiger partial charge is 0.179 e. The molecule has 0 aliphatic rings. The van der Waals surface area contributed by atoms with E-state index >= 15 is 0 Å². The van der Waals surface area contributed by atoms with Crippen molar-refractivity contribution in [1.29, 1.82) is 0 Å². The molecule has 1 aromatic carbocycles.